The van der Waals surface area contributed by atoms with Crippen LogP contribution in [0.3, 0.4) is 0 Å². The molecular weight excluding hydrogens is 248 g/mol. The molecule has 0 aliphatic carbocycles. The molecule has 0 spiro atoms. The molecule has 0 bridgehead atoms. The van der Waals surface area contributed by atoms with Crippen LogP contribution in [-0.4, -0.2) is 74.6 Å². The van der Waals surface area contributed by atoms with E-state index in [1.807, 2.05) is 5.32 Å². The van der Waals surface area contributed by atoms with E-state index in [0.29, 0.717) is 0 Å². The summed E-state index contributed by atoms with van der Waals surface area (Å²) in [5.74, 6) is -0.999. The Kier molecular flexibility index (Phi) is 3.50. The molecular formula is C9H14N2O7. The minimum Gasteiger partial charge on any atom is -0.394 e. The largest absolute Gasteiger partial charge is 0.394 e. The van der Waals surface area contributed by atoms with Gasteiger partial charge >= 0.3 is 6.03 Å². The zero-order valence-corrected chi connectivity index (χ0v) is 9.26. The van der Waals surface area contributed by atoms with E-state index in [-0.39, 0.29) is 6.42 Å². The Morgan fingerprint density at radius 1 is 1.33 bits per heavy atom. The van der Waals surface area contributed by atoms with Crippen molar-refractivity contribution in [2.45, 2.75) is 37.2 Å². The van der Waals surface area contributed by atoms with Gasteiger partial charge in [0.25, 0.3) is 5.91 Å². The third-order valence-electron chi connectivity index (χ3n) is 3.00. The van der Waals surface area contributed by atoms with Crippen molar-refractivity contribution >= 4 is 11.9 Å². The Balaban J connectivity index is 2.13. The van der Waals surface area contributed by atoms with Crippen LogP contribution in [-0.2, 0) is 9.53 Å². The lowest BCUT2D eigenvalue weighted by molar-refractivity contribution is -0.167. The van der Waals surface area contributed by atoms with Crippen LogP contribution < -0.4 is 5.32 Å². The number of carbonyl (C=O) groups excluding carboxylic acids is 2. The number of hydrogen-bond donors (Lipinski definition) is 5. The predicted molar refractivity (Wildman–Crippen MR) is 53.8 cm³/mol. The number of aliphatic hydroxyl groups is 4. The minimum absolute atomic E-state index is 0.0311. The summed E-state index contributed by atoms with van der Waals surface area (Å²) in [7, 11) is 0. The average molecular weight is 262 g/mol. The van der Waals surface area contributed by atoms with Crippen molar-refractivity contribution in [1.82, 2.24) is 10.2 Å². The van der Waals surface area contributed by atoms with Crippen LogP contribution in [0.15, 0.2) is 0 Å². The van der Waals surface area contributed by atoms with Gasteiger partial charge in [0.15, 0.2) is 12.3 Å². The van der Waals surface area contributed by atoms with E-state index in [2.05, 4.69) is 0 Å². The summed E-state index contributed by atoms with van der Waals surface area (Å²) in [6.07, 6.45) is -6.44. The Bertz CT molecular complexity index is 363. The highest BCUT2D eigenvalue weighted by atomic mass is 16.6. The van der Waals surface area contributed by atoms with Crippen molar-refractivity contribution in [3.8, 4) is 0 Å². The van der Waals surface area contributed by atoms with Gasteiger partial charge in [0.05, 0.1) is 12.7 Å². The number of nitrogens with one attached hydrogen (secondary N) is 1. The van der Waals surface area contributed by atoms with Crippen molar-refractivity contribution in [3.63, 3.8) is 0 Å². The van der Waals surface area contributed by atoms with Crippen molar-refractivity contribution in [2.24, 2.45) is 0 Å². The number of hydrogen-bond acceptors (Lipinski definition) is 7. The summed E-state index contributed by atoms with van der Waals surface area (Å²) in [6, 6.07) is -0.923. The number of amides is 3. The summed E-state index contributed by atoms with van der Waals surface area (Å²) < 4.78 is 5.17. The second-order valence-corrected chi connectivity index (χ2v) is 4.17. The van der Waals surface area contributed by atoms with E-state index < -0.39 is 49.3 Å². The highest BCUT2D eigenvalue weighted by Gasteiger charge is 2.47. The summed E-state index contributed by atoms with van der Waals surface area (Å²) in [5.41, 5.74) is 0. The highest BCUT2D eigenvalue weighted by molar-refractivity contribution is 5.99. The van der Waals surface area contributed by atoms with Gasteiger partial charge in [0, 0.05) is 6.42 Å². The first kappa shape index (κ1) is 13.2. The maximum Gasteiger partial charge on any atom is 0.328 e. The SMILES string of the molecule is O=C1NC(=O)N([C@H]2C[C@H](O)[C@@H](CO)O2)C(O)C1O. The van der Waals surface area contributed by atoms with Gasteiger partial charge in [0.1, 0.15) is 12.3 Å². The Labute approximate surface area is 102 Å². The first-order chi connectivity index (χ1) is 8.45. The average Bonchev–Trinajstić information content (AvgIpc) is 2.67. The summed E-state index contributed by atoms with van der Waals surface area (Å²) >= 11 is 0. The van der Waals surface area contributed by atoms with E-state index in [0.717, 1.165) is 4.90 Å². The number of nitrogens with zero attached hydrogens (tertiary/aromatic N) is 1. The number of aliphatic hydroxyl groups excluding tert-OH is 4. The molecule has 0 radical (unpaired) electrons. The number of imide groups is 1. The smallest absolute Gasteiger partial charge is 0.328 e. The van der Waals surface area contributed by atoms with Gasteiger partial charge < -0.3 is 25.2 Å². The fraction of sp³-hybridized carbons (Fsp3) is 0.778. The number of ether oxygens (including phenoxy) is 1. The first-order valence-electron chi connectivity index (χ1n) is 5.39. The molecule has 102 valence electrons. The van der Waals surface area contributed by atoms with Crippen LogP contribution in [0.1, 0.15) is 6.42 Å². The lowest BCUT2D eigenvalue weighted by Gasteiger charge is -2.37. The van der Waals surface area contributed by atoms with Gasteiger partial charge in [-0.05, 0) is 0 Å². The van der Waals surface area contributed by atoms with Gasteiger partial charge in [-0.3, -0.25) is 15.0 Å². The molecule has 0 aromatic rings. The molecule has 5 atom stereocenters. The lowest BCUT2D eigenvalue weighted by atomic mass is 10.1. The van der Waals surface area contributed by atoms with Gasteiger partial charge in [-0.2, -0.15) is 0 Å². The van der Waals surface area contributed by atoms with E-state index in [1.54, 1.807) is 0 Å². The lowest BCUT2D eigenvalue weighted by Crippen LogP contribution is -2.65. The molecule has 9 nitrogen and oxygen atoms in total. The fourth-order valence-electron chi connectivity index (χ4n) is 2.00. The quantitative estimate of drug-likeness (QED) is 0.351. The van der Waals surface area contributed by atoms with Crippen molar-refractivity contribution in [2.75, 3.05) is 6.61 Å². The van der Waals surface area contributed by atoms with Crippen LogP contribution in [0.4, 0.5) is 4.79 Å². The molecule has 0 aromatic heterocycles. The van der Waals surface area contributed by atoms with Crippen LogP contribution in [0.25, 0.3) is 0 Å². The topological polar surface area (TPSA) is 140 Å². The maximum absolute atomic E-state index is 11.5. The standard InChI is InChI=1S/C9H14N2O7/c12-2-4-3(13)1-5(18-4)11-8(16)6(14)7(15)10-9(11)17/h3-6,8,12-14,16H,1-2H2,(H,10,15,17)/t3-,4+,5+,6?,8?/m0/s1. The molecule has 2 fully saturated rings. The fourth-order valence-corrected chi connectivity index (χ4v) is 2.00. The Hall–Kier alpha value is -1.26. The Morgan fingerprint density at radius 2 is 2.00 bits per heavy atom. The van der Waals surface area contributed by atoms with E-state index >= 15 is 0 Å². The molecule has 3 amide bonds. The summed E-state index contributed by atoms with van der Waals surface area (Å²) in [6.45, 7) is -0.440. The molecule has 18 heavy (non-hydrogen) atoms. The normalized spacial score (nSPS) is 41.1. The predicted octanol–water partition coefficient (Wildman–Crippen LogP) is -3.31. The number of urea groups is 1. The third kappa shape index (κ3) is 2.06. The maximum atomic E-state index is 11.5. The van der Waals surface area contributed by atoms with Gasteiger partial charge in [0.2, 0.25) is 0 Å². The van der Waals surface area contributed by atoms with E-state index in [4.69, 9.17) is 9.84 Å². The molecule has 0 aromatic carbocycles. The van der Waals surface area contributed by atoms with Crippen LogP contribution in [0.5, 0.6) is 0 Å². The molecule has 9 heteroatoms. The molecule has 2 rings (SSSR count). The van der Waals surface area contributed by atoms with Crippen molar-refractivity contribution in [3.05, 3.63) is 0 Å². The van der Waals surface area contributed by atoms with Gasteiger partial charge in [-0.1, -0.05) is 0 Å². The summed E-state index contributed by atoms with van der Waals surface area (Å²) in [4.78, 5) is 23.3. The van der Waals surface area contributed by atoms with Crippen molar-refractivity contribution < 1.29 is 34.8 Å². The number of carbonyl (C=O) groups is 2. The highest BCUT2D eigenvalue weighted by Crippen LogP contribution is 2.26. The summed E-state index contributed by atoms with van der Waals surface area (Å²) in [5, 5.41) is 39.3. The van der Waals surface area contributed by atoms with Crippen LogP contribution in [0, 0.1) is 0 Å². The molecule has 5 N–H and O–H groups in total. The first-order valence-corrected chi connectivity index (χ1v) is 5.39. The van der Waals surface area contributed by atoms with E-state index in [1.165, 1.54) is 0 Å². The Morgan fingerprint density at radius 3 is 2.56 bits per heavy atom. The molecule has 2 aliphatic heterocycles. The van der Waals surface area contributed by atoms with Gasteiger partial charge in [-0.15, -0.1) is 0 Å². The van der Waals surface area contributed by atoms with Crippen LogP contribution >= 0.6 is 0 Å². The van der Waals surface area contributed by atoms with Crippen molar-refractivity contribution in [1.29, 1.82) is 0 Å². The van der Waals surface area contributed by atoms with Crippen LogP contribution in [0.2, 0.25) is 0 Å². The molecule has 2 saturated heterocycles. The monoisotopic (exact) mass is 262 g/mol. The zero-order chi connectivity index (χ0) is 13.4. The zero-order valence-electron chi connectivity index (χ0n) is 9.26. The molecule has 2 aliphatic rings. The van der Waals surface area contributed by atoms with E-state index in [9.17, 15) is 24.9 Å². The molecule has 0 saturated carbocycles. The second kappa shape index (κ2) is 4.78. The number of rotatable bonds is 2. The molecule has 2 heterocycles. The minimum atomic E-state index is -1.78. The van der Waals surface area contributed by atoms with Gasteiger partial charge in [-0.25, -0.2) is 4.79 Å². The third-order valence-corrected chi connectivity index (χ3v) is 3.00. The molecule has 2 unspecified atom stereocenters. The second-order valence-electron chi connectivity index (χ2n) is 4.17.